The summed E-state index contributed by atoms with van der Waals surface area (Å²) in [6.45, 7) is 2.60. The van der Waals surface area contributed by atoms with Crippen LogP contribution in [0.3, 0.4) is 0 Å². The summed E-state index contributed by atoms with van der Waals surface area (Å²) in [6, 6.07) is 7.46. The molecule has 2 heterocycles. The largest absolute Gasteiger partial charge is 0.381 e. The Kier molecular flexibility index (Phi) is 4.04. The predicted molar refractivity (Wildman–Crippen MR) is 93.2 cm³/mol. The predicted octanol–water partition coefficient (Wildman–Crippen LogP) is 2.83. The third-order valence-corrected chi connectivity index (χ3v) is 4.30. The van der Waals surface area contributed by atoms with E-state index in [9.17, 15) is 4.79 Å². The number of benzene rings is 1. The molecule has 0 fully saturated rings. The monoisotopic (exact) mass is 373 g/mol. The molecule has 0 saturated heterocycles. The van der Waals surface area contributed by atoms with E-state index < -0.39 is 0 Å². The maximum atomic E-state index is 12.4. The Morgan fingerprint density at radius 3 is 2.87 bits per heavy atom. The highest BCUT2D eigenvalue weighted by Crippen LogP contribution is 2.27. The molecule has 3 rings (SSSR count). The molecule has 0 aliphatic carbocycles. The summed E-state index contributed by atoms with van der Waals surface area (Å²) in [7, 11) is 1.78. The van der Waals surface area contributed by atoms with Gasteiger partial charge >= 0.3 is 0 Å². The maximum absolute atomic E-state index is 12.4. The van der Waals surface area contributed by atoms with Crippen molar-refractivity contribution >= 4 is 33.3 Å². The van der Waals surface area contributed by atoms with Crippen LogP contribution in [0.15, 0.2) is 41.3 Å². The standard InChI is InChI=1S/C16H16BrN5O/c1-3-21(2)16(23)11-6-4-5-10(7-11)12-8-19-14(18)15-20-9-13(17)22(12)15/h4-9H,3H2,1-2H3,(H2,18,19). The molecule has 118 valence electrons. The zero-order valence-corrected chi connectivity index (χ0v) is 14.4. The molecule has 0 spiro atoms. The van der Waals surface area contributed by atoms with Gasteiger partial charge < -0.3 is 10.6 Å². The van der Waals surface area contributed by atoms with Crippen LogP contribution in [0.4, 0.5) is 5.82 Å². The minimum absolute atomic E-state index is 0.0151. The number of aromatic nitrogens is 3. The third kappa shape index (κ3) is 2.68. The molecular formula is C16H16BrN5O. The van der Waals surface area contributed by atoms with Gasteiger partial charge in [-0.25, -0.2) is 9.97 Å². The summed E-state index contributed by atoms with van der Waals surface area (Å²) in [5, 5.41) is 0. The van der Waals surface area contributed by atoms with Crippen LogP contribution in [0.25, 0.3) is 16.9 Å². The number of carbonyl (C=O) groups excluding carboxylic acids is 1. The molecule has 0 unspecified atom stereocenters. The fourth-order valence-electron chi connectivity index (χ4n) is 2.37. The number of carbonyl (C=O) groups is 1. The SMILES string of the molecule is CCN(C)C(=O)c1cccc(-c2cnc(N)c3ncc(Br)n23)c1. The average Bonchev–Trinajstić information content (AvgIpc) is 2.97. The van der Waals surface area contributed by atoms with E-state index in [1.165, 1.54) is 0 Å². The smallest absolute Gasteiger partial charge is 0.253 e. The van der Waals surface area contributed by atoms with Crippen LogP contribution in [-0.4, -0.2) is 38.8 Å². The van der Waals surface area contributed by atoms with Gasteiger partial charge in [-0.15, -0.1) is 0 Å². The van der Waals surface area contributed by atoms with Gasteiger partial charge in [0.1, 0.15) is 4.60 Å². The van der Waals surface area contributed by atoms with Gasteiger partial charge in [0.2, 0.25) is 0 Å². The Bertz CT molecular complexity index is 889. The molecule has 7 heteroatoms. The molecule has 0 radical (unpaired) electrons. The lowest BCUT2D eigenvalue weighted by Gasteiger charge is -2.15. The van der Waals surface area contributed by atoms with Crippen LogP contribution in [0, 0.1) is 0 Å². The zero-order valence-electron chi connectivity index (χ0n) is 12.8. The van der Waals surface area contributed by atoms with E-state index in [0.29, 0.717) is 23.6 Å². The van der Waals surface area contributed by atoms with Gasteiger partial charge in [0, 0.05) is 24.7 Å². The van der Waals surface area contributed by atoms with Crippen molar-refractivity contribution in [3.05, 3.63) is 46.8 Å². The topological polar surface area (TPSA) is 76.5 Å². The van der Waals surface area contributed by atoms with E-state index in [4.69, 9.17) is 5.73 Å². The Morgan fingerprint density at radius 2 is 2.13 bits per heavy atom. The third-order valence-electron chi connectivity index (χ3n) is 3.74. The van der Waals surface area contributed by atoms with Gasteiger partial charge in [0.15, 0.2) is 11.5 Å². The molecule has 1 amide bonds. The number of amides is 1. The van der Waals surface area contributed by atoms with E-state index in [1.807, 2.05) is 35.6 Å². The quantitative estimate of drug-likeness (QED) is 0.765. The summed E-state index contributed by atoms with van der Waals surface area (Å²) in [5.41, 5.74) is 8.77. The van der Waals surface area contributed by atoms with Gasteiger partial charge in [-0.05, 0) is 35.0 Å². The van der Waals surface area contributed by atoms with Crippen LogP contribution in [-0.2, 0) is 0 Å². The molecule has 0 atom stereocenters. The molecule has 2 N–H and O–H groups in total. The van der Waals surface area contributed by atoms with Crippen LogP contribution in [0.2, 0.25) is 0 Å². The summed E-state index contributed by atoms with van der Waals surface area (Å²) in [5.74, 6) is 0.344. The van der Waals surface area contributed by atoms with Crippen LogP contribution < -0.4 is 5.73 Å². The maximum Gasteiger partial charge on any atom is 0.253 e. The minimum atomic E-state index is -0.0151. The number of hydrogen-bond acceptors (Lipinski definition) is 4. The van der Waals surface area contributed by atoms with Gasteiger partial charge in [-0.3, -0.25) is 9.20 Å². The Morgan fingerprint density at radius 1 is 1.35 bits per heavy atom. The molecule has 0 saturated carbocycles. The molecule has 3 aromatic rings. The minimum Gasteiger partial charge on any atom is -0.381 e. The highest BCUT2D eigenvalue weighted by Gasteiger charge is 2.14. The van der Waals surface area contributed by atoms with Crippen molar-refractivity contribution in [1.29, 1.82) is 0 Å². The Balaban J connectivity index is 2.15. The first-order valence-electron chi connectivity index (χ1n) is 7.16. The molecule has 6 nitrogen and oxygen atoms in total. The van der Waals surface area contributed by atoms with Gasteiger partial charge in [-0.2, -0.15) is 0 Å². The first-order valence-corrected chi connectivity index (χ1v) is 7.95. The highest BCUT2D eigenvalue weighted by molar-refractivity contribution is 9.10. The summed E-state index contributed by atoms with van der Waals surface area (Å²) >= 11 is 3.47. The van der Waals surface area contributed by atoms with E-state index in [1.54, 1.807) is 24.3 Å². The fourth-order valence-corrected chi connectivity index (χ4v) is 2.83. The second-order valence-corrected chi connectivity index (χ2v) is 5.98. The lowest BCUT2D eigenvalue weighted by molar-refractivity contribution is 0.0802. The van der Waals surface area contributed by atoms with Crippen molar-refractivity contribution < 1.29 is 4.79 Å². The van der Waals surface area contributed by atoms with Crippen molar-refractivity contribution in [3.63, 3.8) is 0 Å². The second kappa shape index (κ2) is 6.00. The Labute approximate surface area is 142 Å². The van der Waals surface area contributed by atoms with E-state index in [2.05, 4.69) is 25.9 Å². The molecule has 0 bridgehead atoms. The van der Waals surface area contributed by atoms with E-state index in [0.717, 1.165) is 15.9 Å². The van der Waals surface area contributed by atoms with E-state index >= 15 is 0 Å². The normalized spacial score (nSPS) is 10.9. The van der Waals surface area contributed by atoms with Crippen LogP contribution in [0.5, 0.6) is 0 Å². The lowest BCUT2D eigenvalue weighted by Crippen LogP contribution is -2.26. The summed E-state index contributed by atoms with van der Waals surface area (Å²) in [4.78, 5) is 22.5. The zero-order chi connectivity index (χ0) is 16.6. The van der Waals surface area contributed by atoms with Crippen molar-refractivity contribution in [2.75, 3.05) is 19.3 Å². The van der Waals surface area contributed by atoms with Crippen LogP contribution >= 0.6 is 15.9 Å². The summed E-state index contributed by atoms with van der Waals surface area (Å²) < 4.78 is 2.65. The van der Waals surface area contributed by atoms with E-state index in [-0.39, 0.29) is 5.91 Å². The fraction of sp³-hybridized carbons (Fsp3) is 0.188. The number of nitrogen functional groups attached to an aromatic ring is 1. The van der Waals surface area contributed by atoms with Crippen LogP contribution in [0.1, 0.15) is 17.3 Å². The highest BCUT2D eigenvalue weighted by atomic mass is 79.9. The number of nitrogens with two attached hydrogens (primary N) is 1. The van der Waals surface area contributed by atoms with Crippen molar-refractivity contribution in [3.8, 4) is 11.3 Å². The van der Waals surface area contributed by atoms with Gasteiger partial charge in [-0.1, -0.05) is 12.1 Å². The molecule has 2 aromatic heterocycles. The molecule has 1 aromatic carbocycles. The van der Waals surface area contributed by atoms with Crippen molar-refractivity contribution in [1.82, 2.24) is 19.3 Å². The average molecular weight is 374 g/mol. The summed E-state index contributed by atoms with van der Waals surface area (Å²) in [6.07, 6.45) is 3.36. The number of nitrogens with zero attached hydrogens (tertiary/aromatic N) is 4. The van der Waals surface area contributed by atoms with Gasteiger partial charge in [0.25, 0.3) is 5.91 Å². The first kappa shape index (κ1) is 15.5. The second-order valence-electron chi connectivity index (χ2n) is 5.17. The van der Waals surface area contributed by atoms with Crippen molar-refractivity contribution in [2.45, 2.75) is 6.92 Å². The first-order chi connectivity index (χ1) is 11.0. The number of imidazole rings is 1. The number of fused-ring (bicyclic) bond motifs is 1. The van der Waals surface area contributed by atoms with Crippen molar-refractivity contribution in [2.24, 2.45) is 0 Å². The molecular weight excluding hydrogens is 358 g/mol. The Hall–Kier alpha value is -2.41. The van der Waals surface area contributed by atoms with Gasteiger partial charge in [0.05, 0.1) is 18.1 Å². The number of hydrogen-bond donors (Lipinski definition) is 1. The molecule has 0 aliphatic rings. The molecule has 23 heavy (non-hydrogen) atoms. The number of anilines is 1. The lowest BCUT2D eigenvalue weighted by atomic mass is 10.1. The number of rotatable bonds is 3. The molecule has 0 aliphatic heterocycles. The number of halogens is 1.